The Morgan fingerprint density at radius 2 is 1.10 bits per heavy atom. The highest BCUT2D eigenvalue weighted by Gasteiger charge is 2.22. The lowest BCUT2D eigenvalue weighted by Crippen LogP contribution is -3.00. The number of unbranched alkanes of at least 4 members (excludes halogenated alkanes) is 10. The van der Waals surface area contributed by atoms with Crippen molar-refractivity contribution < 1.29 is 16.9 Å². The molecule has 0 aliphatic rings. The van der Waals surface area contributed by atoms with Crippen LogP contribution in [0, 0.1) is 0 Å². The minimum atomic E-state index is 0. The van der Waals surface area contributed by atoms with E-state index in [-0.39, 0.29) is 12.4 Å². The molecule has 0 aromatic heterocycles. The van der Waals surface area contributed by atoms with Crippen LogP contribution in [0.1, 0.15) is 103 Å². The summed E-state index contributed by atoms with van der Waals surface area (Å²) in [6.45, 7) is 12.8. The second-order valence-electron chi connectivity index (χ2n) is 8.70. The van der Waals surface area contributed by atoms with E-state index in [1.807, 2.05) is 0 Å². The minimum absolute atomic E-state index is 0. The molecule has 1 aromatic rings. The van der Waals surface area contributed by atoms with Gasteiger partial charge in [0, 0.05) is 0 Å². The van der Waals surface area contributed by atoms with E-state index in [9.17, 15) is 0 Å². The zero-order valence-electron chi connectivity index (χ0n) is 19.5. The van der Waals surface area contributed by atoms with Crippen molar-refractivity contribution in [2.24, 2.45) is 0 Å². The first-order valence-corrected chi connectivity index (χ1v) is 12.3. The third-order valence-electron chi connectivity index (χ3n) is 6.21. The van der Waals surface area contributed by atoms with Crippen LogP contribution in [0.25, 0.3) is 0 Å². The molecule has 0 aliphatic heterocycles. The van der Waals surface area contributed by atoms with Gasteiger partial charge < -0.3 is 12.4 Å². The largest absolute Gasteiger partial charge is 1.00 e. The zero-order chi connectivity index (χ0) is 20.3. The van der Waals surface area contributed by atoms with E-state index in [0.29, 0.717) is 0 Å². The maximum atomic E-state index is 4.27. The maximum Gasteiger partial charge on any atom is 0.0885 e. The van der Waals surface area contributed by atoms with Gasteiger partial charge in [0.05, 0.1) is 25.8 Å². The third-order valence-corrected chi connectivity index (χ3v) is 6.21. The second kappa shape index (κ2) is 19.2. The van der Waals surface area contributed by atoms with E-state index in [0.717, 1.165) is 4.48 Å². The molecule has 0 spiro atoms. The molecule has 0 amide bonds. The van der Waals surface area contributed by atoms with Gasteiger partial charge in [0.2, 0.25) is 0 Å². The van der Waals surface area contributed by atoms with Crippen LogP contribution in [-0.4, -0.2) is 24.1 Å². The first-order valence-electron chi connectivity index (χ1n) is 12.3. The molecule has 0 atom stereocenters. The summed E-state index contributed by atoms with van der Waals surface area (Å²) >= 11 is 0. The predicted molar refractivity (Wildman–Crippen MR) is 127 cm³/mol. The average molecular weight is 422 g/mol. The molecule has 1 aromatic carbocycles. The van der Waals surface area contributed by atoms with Gasteiger partial charge in [-0.05, 0) is 63.5 Å². The number of aryl methyl sites for hydroxylation is 1. The van der Waals surface area contributed by atoms with Gasteiger partial charge in [-0.15, -0.1) is 0 Å². The smallest absolute Gasteiger partial charge is 0.0885 e. The van der Waals surface area contributed by atoms with Crippen molar-refractivity contribution in [2.45, 2.75) is 104 Å². The van der Waals surface area contributed by atoms with Crippen LogP contribution in [-0.2, 0) is 6.42 Å². The Bertz CT molecular complexity index is 459. The molecule has 0 unspecified atom stereocenters. The van der Waals surface area contributed by atoms with Crippen molar-refractivity contribution in [1.29, 1.82) is 0 Å². The maximum absolute atomic E-state index is 4.27. The molecular formula is C27H48ClN. The fraction of sp³-hybridized carbons (Fsp3) is 0.704. The zero-order valence-corrected chi connectivity index (χ0v) is 20.3. The number of quaternary nitrogens is 1. The van der Waals surface area contributed by atoms with E-state index in [1.165, 1.54) is 115 Å². The lowest BCUT2D eigenvalue weighted by atomic mass is 10.0. The van der Waals surface area contributed by atoms with Gasteiger partial charge in [-0.3, -0.25) is 4.48 Å². The summed E-state index contributed by atoms with van der Waals surface area (Å²) in [5.74, 6) is 0. The van der Waals surface area contributed by atoms with Gasteiger partial charge in [0.15, 0.2) is 0 Å². The fourth-order valence-corrected chi connectivity index (χ4v) is 4.25. The molecule has 0 heterocycles. The summed E-state index contributed by atoms with van der Waals surface area (Å²) < 4.78 is 1.16. The number of halogens is 1. The third kappa shape index (κ3) is 13.9. The number of benzene rings is 1. The van der Waals surface area contributed by atoms with Crippen LogP contribution in [0.15, 0.2) is 43.1 Å². The average Bonchev–Trinajstić information content (AvgIpc) is 2.74. The minimum Gasteiger partial charge on any atom is -1.00 e. The molecule has 1 nitrogen and oxygen atoms in total. The van der Waals surface area contributed by atoms with Gasteiger partial charge in [-0.2, -0.15) is 0 Å². The number of hydrogen-bond donors (Lipinski definition) is 0. The van der Waals surface area contributed by atoms with E-state index < -0.39 is 0 Å². The predicted octanol–water partition coefficient (Wildman–Crippen LogP) is 5.30. The first-order chi connectivity index (χ1) is 13.8. The molecule has 1 rings (SSSR count). The summed E-state index contributed by atoms with van der Waals surface area (Å²) in [5.41, 5.74) is 1.49. The molecule has 0 bridgehead atoms. The SMILES string of the molecule is C=C[N+](CCCCCC)(CCCCCC)CCCCCCCc1ccccc1.[Cl-]. The summed E-state index contributed by atoms with van der Waals surface area (Å²) in [6.07, 6.45) is 21.3. The quantitative estimate of drug-likeness (QED) is 0.210. The van der Waals surface area contributed by atoms with Gasteiger partial charge in [0.25, 0.3) is 0 Å². The monoisotopic (exact) mass is 421 g/mol. The van der Waals surface area contributed by atoms with E-state index in [2.05, 4.69) is 57.0 Å². The highest BCUT2D eigenvalue weighted by Crippen LogP contribution is 2.18. The molecule has 0 N–H and O–H groups in total. The topological polar surface area (TPSA) is 0 Å². The Kier molecular flexibility index (Phi) is 18.7. The van der Waals surface area contributed by atoms with Crippen molar-refractivity contribution in [3.63, 3.8) is 0 Å². The van der Waals surface area contributed by atoms with Crippen LogP contribution in [0.2, 0.25) is 0 Å². The highest BCUT2D eigenvalue weighted by molar-refractivity contribution is 5.14. The summed E-state index contributed by atoms with van der Waals surface area (Å²) in [7, 11) is 0. The molecule has 2 heteroatoms. The molecule has 0 radical (unpaired) electrons. The summed E-state index contributed by atoms with van der Waals surface area (Å²) in [6, 6.07) is 10.9. The van der Waals surface area contributed by atoms with Crippen LogP contribution < -0.4 is 12.4 Å². The van der Waals surface area contributed by atoms with Gasteiger partial charge in [-0.1, -0.05) is 82.7 Å². The Morgan fingerprint density at radius 3 is 1.59 bits per heavy atom. The van der Waals surface area contributed by atoms with Crippen LogP contribution in [0.4, 0.5) is 0 Å². The Balaban J connectivity index is 0.00000784. The fourth-order valence-electron chi connectivity index (χ4n) is 4.25. The molecule has 0 fully saturated rings. The number of rotatable bonds is 19. The standard InChI is InChI=1S/C27H48N.ClH/c1-4-7-9-18-24-28(6-3,25-19-10-8-5-2)26-20-13-11-12-15-21-27-22-16-14-17-23-27;/h6,14,16-17,22-23H,3-5,7-13,15,18-21,24-26H2,1-2H3;1H/q+1;/p-1. The summed E-state index contributed by atoms with van der Waals surface area (Å²) in [5, 5.41) is 0. The normalized spacial score (nSPS) is 11.2. The van der Waals surface area contributed by atoms with E-state index in [4.69, 9.17) is 0 Å². The van der Waals surface area contributed by atoms with Gasteiger partial charge >= 0.3 is 0 Å². The lowest BCUT2D eigenvalue weighted by molar-refractivity contribution is -0.880. The van der Waals surface area contributed by atoms with Crippen molar-refractivity contribution in [1.82, 2.24) is 0 Å². The van der Waals surface area contributed by atoms with Crippen molar-refractivity contribution in [3.8, 4) is 0 Å². The Labute approximate surface area is 189 Å². The highest BCUT2D eigenvalue weighted by atomic mass is 35.5. The molecule has 0 aliphatic carbocycles. The van der Waals surface area contributed by atoms with Crippen molar-refractivity contribution in [3.05, 3.63) is 48.7 Å². The van der Waals surface area contributed by atoms with Crippen molar-refractivity contribution in [2.75, 3.05) is 19.6 Å². The van der Waals surface area contributed by atoms with Gasteiger partial charge in [-0.25, -0.2) is 0 Å². The van der Waals surface area contributed by atoms with Crippen molar-refractivity contribution >= 4 is 0 Å². The summed E-state index contributed by atoms with van der Waals surface area (Å²) in [4.78, 5) is 0. The molecule has 29 heavy (non-hydrogen) atoms. The molecule has 0 saturated heterocycles. The number of nitrogens with zero attached hydrogens (tertiary/aromatic N) is 1. The van der Waals surface area contributed by atoms with Crippen LogP contribution >= 0.6 is 0 Å². The van der Waals surface area contributed by atoms with E-state index >= 15 is 0 Å². The Morgan fingerprint density at radius 1 is 0.655 bits per heavy atom. The second-order valence-corrected chi connectivity index (χ2v) is 8.70. The lowest BCUT2D eigenvalue weighted by Gasteiger charge is -2.35. The molecule has 168 valence electrons. The van der Waals surface area contributed by atoms with Gasteiger partial charge in [0.1, 0.15) is 0 Å². The number of hydrogen-bond acceptors (Lipinski definition) is 0. The first kappa shape index (κ1) is 28.2. The molecule has 0 saturated carbocycles. The Hall–Kier alpha value is -0.790. The molecular weight excluding hydrogens is 374 g/mol. The van der Waals surface area contributed by atoms with Crippen LogP contribution in [0.3, 0.4) is 0 Å². The van der Waals surface area contributed by atoms with Crippen LogP contribution in [0.5, 0.6) is 0 Å². The van der Waals surface area contributed by atoms with E-state index in [1.54, 1.807) is 0 Å².